The summed E-state index contributed by atoms with van der Waals surface area (Å²) in [7, 11) is 0. The Morgan fingerprint density at radius 1 is 1.15 bits per heavy atom. The number of rotatable bonds is 4. The molecule has 0 radical (unpaired) electrons. The molecule has 1 heterocycles. The van der Waals surface area contributed by atoms with Gasteiger partial charge in [0.1, 0.15) is 0 Å². The average molecular weight is 358 g/mol. The molecule has 1 aliphatic carbocycles. The van der Waals surface area contributed by atoms with Crippen LogP contribution < -0.4 is 5.32 Å². The van der Waals surface area contributed by atoms with Crippen molar-refractivity contribution in [3.05, 3.63) is 20.8 Å². The van der Waals surface area contributed by atoms with Crippen molar-refractivity contribution in [3.8, 4) is 0 Å². The summed E-state index contributed by atoms with van der Waals surface area (Å²) < 4.78 is 1.27. The molecule has 0 saturated heterocycles. The minimum atomic E-state index is 0.239. The Morgan fingerprint density at radius 2 is 1.85 bits per heavy atom. The molecule has 0 aromatic carbocycles. The van der Waals surface area contributed by atoms with E-state index in [0.29, 0.717) is 0 Å². The van der Waals surface area contributed by atoms with Crippen LogP contribution in [0.15, 0.2) is 15.9 Å². The molecule has 0 aliphatic heterocycles. The molecule has 0 bridgehead atoms. The lowest BCUT2D eigenvalue weighted by atomic mass is 9.84. The lowest BCUT2D eigenvalue weighted by molar-refractivity contribution is 0.270. The van der Waals surface area contributed by atoms with Crippen LogP contribution in [0.3, 0.4) is 0 Å². The van der Waals surface area contributed by atoms with E-state index in [9.17, 15) is 0 Å². The van der Waals surface area contributed by atoms with Gasteiger partial charge in [0, 0.05) is 10.4 Å². The molecule has 2 atom stereocenters. The van der Waals surface area contributed by atoms with Crippen LogP contribution >= 0.6 is 27.3 Å². The Labute approximate surface area is 136 Å². The molecule has 3 heteroatoms. The van der Waals surface area contributed by atoms with E-state index in [0.717, 1.165) is 11.8 Å². The van der Waals surface area contributed by atoms with Gasteiger partial charge in [0.15, 0.2) is 0 Å². The molecule has 20 heavy (non-hydrogen) atoms. The van der Waals surface area contributed by atoms with Crippen molar-refractivity contribution in [2.45, 2.75) is 64.8 Å². The van der Waals surface area contributed by atoms with Gasteiger partial charge >= 0.3 is 0 Å². The summed E-state index contributed by atoms with van der Waals surface area (Å²) >= 11 is 5.50. The molecule has 2 unspecified atom stereocenters. The zero-order valence-electron chi connectivity index (χ0n) is 13.0. The molecule has 1 aromatic heterocycles. The second-order valence-corrected chi connectivity index (χ2v) is 9.75. The van der Waals surface area contributed by atoms with Crippen LogP contribution in [0.25, 0.3) is 0 Å². The van der Waals surface area contributed by atoms with E-state index in [4.69, 9.17) is 0 Å². The van der Waals surface area contributed by atoms with Crippen LogP contribution in [0.1, 0.15) is 57.8 Å². The van der Waals surface area contributed by atoms with E-state index in [-0.39, 0.29) is 5.54 Å². The summed E-state index contributed by atoms with van der Waals surface area (Å²) in [6.07, 6.45) is 8.35. The Balaban J connectivity index is 1.97. The maximum absolute atomic E-state index is 3.73. The smallest absolute Gasteiger partial charge is 0.0701 e. The summed E-state index contributed by atoms with van der Waals surface area (Å²) in [5.41, 5.74) is 0.239. The monoisotopic (exact) mass is 357 g/mol. The SMILES string of the molecule is CC(C)(C)NCC1CCCCCC1Cc1ccc(Br)s1. The van der Waals surface area contributed by atoms with Gasteiger partial charge < -0.3 is 5.32 Å². The molecule has 1 N–H and O–H groups in total. The van der Waals surface area contributed by atoms with Gasteiger partial charge in [0.2, 0.25) is 0 Å². The van der Waals surface area contributed by atoms with Gasteiger partial charge in [0.05, 0.1) is 3.79 Å². The first kappa shape index (κ1) is 16.5. The van der Waals surface area contributed by atoms with Gasteiger partial charge in [0.25, 0.3) is 0 Å². The number of nitrogens with one attached hydrogen (secondary N) is 1. The topological polar surface area (TPSA) is 12.0 Å². The lowest BCUT2D eigenvalue weighted by Crippen LogP contribution is -2.40. The Bertz CT molecular complexity index is 407. The third kappa shape index (κ3) is 5.50. The third-order valence-electron chi connectivity index (χ3n) is 4.30. The highest BCUT2D eigenvalue weighted by atomic mass is 79.9. The summed E-state index contributed by atoms with van der Waals surface area (Å²) in [6, 6.07) is 4.49. The van der Waals surface area contributed by atoms with Crippen LogP contribution in [0.4, 0.5) is 0 Å². The summed E-state index contributed by atoms with van der Waals surface area (Å²) in [5.74, 6) is 1.70. The fourth-order valence-electron chi connectivity index (χ4n) is 3.16. The largest absolute Gasteiger partial charge is 0.312 e. The minimum Gasteiger partial charge on any atom is -0.312 e. The second-order valence-electron chi connectivity index (χ2n) is 7.20. The molecular formula is C17H28BrNS. The van der Waals surface area contributed by atoms with Gasteiger partial charge in [-0.1, -0.05) is 19.3 Å². The van der Waals surface area contributed by atoms with E-state index in [1.807, 2.05) is 11.3 Å². The summed E-state index contributed by atoms with van der Waals surface area (Å²) in [5, 5.41) is 3.73. The first-order valence-electron chi connectivity index (χ1n) is 7.93. The Morgan fingerprint density at radius 3 is 2.45 bits per heavy atom. The molecule has 0 spiro atoms. The van der Waals surface area contributed by atoms with Gasteiger partial charge in [-0.15, -0.1) is 11.3 Å². The standard InChI is InChI=1S/C17H28BrNS/c1-17(2,3)19-12-14-8-6-4-5-7-13(14)11-15-9-10-16(18)20-15/h9-10,13-14,19H,4-8,11-12H2,1-3H3. The highest BCUT2D eigenvalue weighted by Gasteiger charge is 2.25. The number of hydrogen-bond acceptors (Lipinski definition) is 2. The first-order valence-corrected chi connectivity index (χ1v) is 9.54. The number of halogens is 1. The van der Waals surface area contributed by atoms with E-state index in [2.05, 4.69) is 54.2 Å². The summed E-state index contributed by atoms with van der Waals surface area (Å²) in [6.45, 7) is 8.00. The van der Waals surface area contributed by atoms with Crippen molar-refractivity contribution >= 4 is 27.3 Å². The second kappa shape index (κ2) is 7.42. The molecule has 1 saturated carbocycles. The van der Waals surface area contributed by atoms with Gasteiger partial charge in [-0.2, -0.15) is 0 Å². The van der Waals surface area contributed by atoms with Gasteiger partial charge in [-0.05, 0) is 86.5 Å². The number of thiophene rings is 1. The van der Waals surface area contributed by atoms with Crippen molar-refractivity contribution in [2.24, 2.45) is 11.8 Å². The molecule has 114 valence electrons. The van der Waals surface area contributed by atoms with Crippen LogP contribution in [-0.2, 0) is 6.42 Å². The average Bonchev–Trinajstić information content (AvgIpc) is 2.63. The Hall–Kier alpha value is 0.140. The zero-order valence-corrected chi connectivity index (χ0v) is 15.4. The van der Waals surface area contributed by atoms with E-state index < -0.39 is 0 Å². The molecular weight excluding hydrogens is 330 g/mol. The van der Waals surface area contributed by atoms with Gasteiger partial charge in [-0.3, -0.25) is 0 Å². The fraction of sp³-hybridized carbons (Fsp3) is 0.765. The molecule has 1 aromatic rings. The summed E-state index contributed by atoms with van der Waals surface area (Å²) in [4.78, 5) is 1.55. The quantitative estimate of drug-likeness (QED) is 0.687. The van der Waals surface area contributed by atoms with Crippen LogP contribution in [0, 0.1) is 11.8 Å². The van der Waals surface area contributed by atoms with E-state index in [1.54, 1.807) is 4.88 Å². The predicted octanol–water partition coefficient (Wildman–Crippen LogP) is 5.64. The molecule has 0 amide bonds. The van der Waals surface area contributed by atoms with Crippen LogP contribution in [0.2, 0.25) is 0 Å². The fourth-order valence-corrected chi connectivity index (χ4v) is 4.73. The zero-order chi connectivity index (χ0) is 14.6. The molecule has 1 nitrogen and oxygen atoms in total. The van der Waals surface area contributed by atoms with Crippen molar-refractivity contribution in [1.29, 1.82) is 0 Å². The highest BCUT2D eigenvalue weighted by Crippen LogP contribution is 2.34. The Kier molecular flexibility index (Phi) is 6.12. The molecule has 1 fully saturated rings. The third-order valence-corrected chi connectivity index (χ3v) is 5.95. The van der Waals surface area contributed by atoms with Gasteiger partial charge in [-0.25, -0.2) is 0 Å². The van der Waals surface area contributed by atoms with E-state index >= 15 is 0 Å². The number of hydrogen-bond donors (Lipinski definition) is 1. The van der Waals surface area contributed by atoms with Crippen molar-refractivity contribution in [3.63, 3.8) is 0 Å². The van der Waals surface area contributed by atoms with Crippen LogP contribution in [-0.4, -0.2) is 12.1 Å². The lowest BCUT2D eigenvalue weighted by Gasteiger charge is -2.29. The minimum absolute atomic E-state index is 0.239. The highest BCUT2D eigenvalue weighted by molar-refractivity contribution is 9.11. The van der Waals surface area contributed by atoms with Crippen molar-refractivity contribution in [2.75, 3.05) is 6.54 Å². The van der Waals surface area contributed by atoms with Crippen molar-refractivity contribution < 1.29 is 0 Å². The maximum Gasteiger partial charge on any atom is 0.0701 e. The maximum atomic E-state index is 3.73. The van der Waals surface area contributed by atoms with Crippen LogP contribution in [0.5, 0.6) is 0 Å². The van der Waals surface area contributed by atoms with Crippen molar-refractivity contribution in [1.82, 2.24) is 5.32 Å². The molecule has 1 aliphatic rings. The first-order chi connectivity index (χ1) is 9.44. The predicted molar refractivity (Wildman–Crippen MR) is 93.5 cm³/mol. The molecule has 2 rings (SSSR count). The normalized spacial score (nSPS) is 24.6. The van der Waals surface area contributed by atoms with E-state index in [1.165, 1.54) is 48.9 Å².